The van der Waals surface area contributed by atoms with Crippen LogP contribution in [0.5, 0.6) is 0 Å². The van der Waals surface area contributed by atoms with E-state index in [0.29, 0.717) is 6.04 Å². The van der Waals surface area contributed by atoms with Gasteiger partial charge in [-0.25, -0.2) is 0 Å². The molecule has 0 saturated carbocycles. The fraction of sp³-hybridized carbons (Fsp3) is 1.00. The van der Waals surface area contributed by atoms with E-state index in [1.165, 1.54) is 64.6 Å². The average molecular weight is 226 g/mol. The molecule has 1 fully saturated rings. The zero-order valence-corrected chi connectivity index (χ0v) is 11.2. The minimum absolute atomic E-state index is 0.716. The Morgan fingerprint density at radius 3 is 2.69 bits per heavy atom. The van der Waals surface area contributed by atoms with E-state index in [-0.39, 0.29) is 0 Å². The molecule has 96 valence electrons. The maximum absolute atomic E-state index is 3.67. The van der Waals surface area contributed by atoms with Crippen LogP contribution in [0.4, 0.5) is 0 Å². The molecule has 1 aliphatic heterocycles. The third-order valence-corrected chi connectivity index (χ3v) is 3.74. The third-order valence-electron chi connectivity index (χ3n) is 3.74. The summed E-state index contributed by atoms with van der Waals surface area (Å²) in [5.74, 6) is 0.969. The standard InChI is InChI=1S/C14H30N2/c1-3-4-5-6-13(2)16-12-9-14-7-10-15-11-8-14/h13-16H,3-12H2,1-2H3. The molecule has 0 bridgehead atoms. The molecule has 2 nitrogen and oxygen atoms in total. The lowest BCUT2D eigenvalue weighted by atomic mass is 9.94. The van der Waals surface area contributed by atoms with Gasteiger partial charge in [-0.2, -0.15) is 0 Å². The zero-order chi connectivity index (χ0) is 11.6. The SMILES string of the molecule is CCCCCC(C)NCCC1CCNCC1. The molecular weight excluding hydrogens is 196 g/mol. The molecule has 16 heavy (non-hydrogen) atoms. The summed E-state index contributed by atoms with van der Waals surface area (Å²) in [6.45, 7) is 8.29. The van der Waals surface area contributed by atoms with E-state index in [1.54, 1.807) is 0 Å². The lowest BCUT2D eigenvalue weighted by molar-refractivity contribution is 0.340. The van der Waals surface area contributed by atoms with Gasteiger partial charge in [-0.1, -0.05) is 26.2 Å². The van der Waals surface area contributed by atoms with Gasteiger partial charge in [0.25, 0.3) is 0 Å². The van der Waals surface area contributed by atoms with Crippen LogP contribution in [0.2, 0.25) is 0 Å². The minimum Gasteiger partial charge on any atom is -0.317 e. The molecule has 1 aliphatic rings. The van der Waals surface area contributed by atoms with E-state index >= 15 is 0 Å². The summed E-state index contributed by atoms with van der Waals surface area (Å²) in [4.78, 5) is 0. The van der Waals surface area contributed by atoms with Gasteiger partial charge in [0.1, 0.15) is 0 Å². The van der Waals surface area contributed by atoms with Gasteiger partial charge < -0.3 is 10.6 Å². The molecule has 1 atom stereocenters. The Hall–Kier alpha value is -0.0800. The summed E-state index contributed by atoms with van der Waals surface area (Å²) in [5.41, 5.74) is 0. The largest absolute Gasteiger partial charge is 0.317 e. The van der Waals surface area contributed by atoms with Crippen molar-refractivity contribution in [2.75, 3.05) is 19.6 Å². The van der Waals surface area contributed by atoms with Gasteiger partial charge in [-0.3, -0.25) is 0 Å². The highest BCUT2D eigenvalue weighted by Crippen LogP contribution is 2.15. The molecule has 1 rings (SSSR count). The Bertz CT molecular complexity index is 153. The number of hydrogen-bond acceptors (Lipinski definition) is 2. The topological polar surface area (TPSA) is 24.1 Å². The molecule has 0 aliphatic carbocycles. The quantitative estimate of drug-likeness (QED) is 0.622. The lowest BCUT2D eigenvalue weighted by Crippen LogP contribution is -2.32. The van der Waals surface area contributed by atoms with Crippen molar-refractivity contribution in [3.05, 3.63) is 0 Å². The lowest BCUT2D eigenvalue weighted by Gasteiger charge is -2.23. The van der Waals surface area contributed by atoms with Crippen LogP contribution in [-0.4, -0.2) is 25.7 Å². The second-order valence-corrected chi connectivity index (χ2v) is 5.33. The van der Waals surface area contributed by atoms with Crippen LogP contribution < -0.4 is 10.6 Å². The van der Waals surface area contributed by atoms with Gasteiger partial charge >= 0.3 is 0 Å². The van der Waals surface area contributed by atoms with Crippen molar-refractivity contribution in [2.45, 2.75) is 64.8 Å². The number of nitrogens with one attached hydrogen (secondary N) is 2. The van der Waals surface area contributed by atoms with Crippen LogP contribution in [0.25, 0.3) is 0 Å². The highest BCUT2D eigenvalue weighted by atomic mass is 14.9. The fourth-order valence-corrected chi connectivity index (χ4v) is 2.51. The Kier molecular flexibility index (Phi) is 7.87. The average Bonchev–Trinajstić information content (AvgIpc) is 2.31. The van der Waals surface area contributed by atoms with Crippen LogP contribution in [0, 0.1) is 5.92 Å². The summed E-state index contributed by atoms with van der Waals surface area (Å²) in [6.07, 6.45) is 9.60. The van der Waals surface area contributed by atoms with Crippen LogP contribution >= 0.6 is 0 Å². The first kappa shape index (κ1) is 14.0. The van der Waals surface area contributed by atoms with Crippen LogP contribution in [-0.2, 0) is 0 Å². The molecule has 0 spiro atoms. The van der Waals surface area contributed by atoms with E-state index in [2.05, 4.69) is 24.5 Å². The highest BCUT2D eigenvalue weighted by molar-refractivity contribution is 4.70. The second-order valence-electron chi connectivity index (χ2n) is 5.33. The first-order valence-corrected chi connectivity index (χ1v) is 7.27. The van der Waals surface area contributed by atoms with Crippen molar-refractivity contribution in [1.29, 1.82) is 0 Å². The Morgan fingerprint density at radius 1 is 1.25 bits per heavy atom. The first-order chi connectivity index (χ1) is 7.83. The summed E-state index contributed by atoms with van der Waals surface area (Å²) >= 11 is 0. The van der Waals surface area contributed by atoms with Crippen molar-refractivity contribution in [3.63, 3.8) is 0 Å². The summed E-state index contributed by atoms with van der Waals surface area (Å²) in [7, 11) is 0. The second kappa shape index (κ2) is 9.00. The first-order valence-electron chi connectivity index (χ1n) is 7.27. The van der Waals surface area contributed by atoms with Crippen molar-refractivity contribution in [1.82, 2.24) is 10.6 Å². The number of unbranched alkanes of at least 4 members (excludes halogenated alkanes) is 2. The van der Waals surface area contributed by atoms with Crippen molar-refractivity contribution in [3.8, 4) is 0 Å². The van der Waals surface area contributed by atoms with Crippen LogP contribution in [0.3, 0.4) is 0 Å². The van der Waals surface area contributed by atoms with Gasteiger partial charge in [0, 0.05) is 6.04 Å². The molecule has 1 unspecified atom stereocenters. The molecule has 0 amide bonds. The molecule has 1 saturated heterocycles. The molecular formula is C14H30N2. The monoisotopic (exact) mass is 226 g/mol. The summed E-state index contributed by atoms with van der Waals surface area (Å²) in [6, 6.07) is 0.716. The maximum atomic E-state index is 3.67. The number of hydrogen-bond donors (Lipinski definition) is 2. The number of piperidine rings is 1. The predicted octanol–water partition coefficient (Wildman–Crippen LogP) is 2.93. The molecule has 0 aromatic rings. The van der Waals surface area contributed by atoms with E-state index in [4.69, 9.17) is 0 Å². The van der Waals surface area contributed by atoms with Gasteiger partial charge in [0.15, 0.2) is 0 Å². The number of rotatable bonds is 8. The van der Waals surface area contributed by atoms with Gasteiger partial charge in [0.05, 0.1) is 0 Å². The molecule has 2 heteroatoms. The van der Waals surface area contributed by atoms with Gasteiger partial charge in [-0.15, -0.1) is 0 Å². The van der Waals surface area contributed by atoms with E-state index in [0.717, 1.165) is 5.92 Å². The van der Waals surface area contributed by atoms with E-state index < -0.39 is 0 Å². The van der Waals surface area contributed by atoms with Crippen LogP contribution in [0.1, 0.15) is 58.8 Å². The maximum Gasteiger partial charge on any atom is 0.00387 e. The smallest absolute Gasteiger partial charge is 0.00387 e. The van der Waals surface area contributed by atoms with Gasteiger partial charge in [0.2, 0.25) is 0 Å². The Labute approximate surface area is 102 Å². The summed E-state index contributed by atoms with van der Waals surface area (Å²) < 4.78 is 0. The van der Waals surface area contributed by atoms with Gasteiger partial charge in [-0.05, 0) is 58.2 Å². The van der Waals surface area contributed by atoms with Crippen molar-refractivity contribution < 1.29 is 0 Å². The van der Waals surface area contributed by atoms with Crippen molar-refractivity contribution >= 4 is 0 Å². The minimum atomic E-state index is 0.716. The molecule has 0 radical (unpaired) electrons. The normalized spacial score (nSPS) is 19.9. The Balaban J connectivity index is 1.92. The molecule has 1 heterocycles. The zero-order valence-electron chi connectivity index (χ0n) is 11.2. The third kappa shape index (κ3) is 6.49. The Morgan fingerprint density at radius 2 is 2.00 bits per heavy atom. The van der Waals surface area contributed by atoms with Crippen molar-refractivity contribution in [2.24, 2.45) is 5.92 Å². The highest BCUT2D eigenvalue weighted by Gasteiger charge is 2.12. The fourth-order valence-electron chi connectivity index (χ4n) is 2.51. The van der Waals surface area contributed by atoms with Crippen LogP contribution in [0.15, 0.2) is 0 Å². The summed E-state index contributed by atoms with van der Waals surface area (Å²) in [5, 5.41) is 7.10. The molecule has 0 aromatic heterocycles. The predicted molar refractivity (Wildman–Crippen MR) is 71.8 cm³/mol. The molecule has 0 aromatic carbocycles. The van der Waals surface area contributed by atoms with E-state index in [1.807, 2.05) is 0 Å². The molecule has 2 N–H and O–H groups in total. The van der Waals surface area contributed by atoms with E-state index in [9.17, 15) is 0 Å².